The summed E-state index contributed by atoms with van der Waals surface area (Å²) < 4.78 is 7.15. The molecular weight excluding hydrogens is 482 g/mol. The van der Waals surface area contributed by atoms with Crippen LogP contribution >= 0.6 is 0 Å². The number of nitrogens with one attached hydrogen (secondary N) is 2. The fraction of sp³-hybridized carbons (Fsp3) is 0.172. The second-order valence-electron chi connectivity index (χ2n) is 9.01. The van der Waals surface area contributed by atoms with Crippen molar-refractivity contribution in [3.8, 4) is 22.6 Å². The van der Waals surface area contributed by atoms with Crippen LogP contribution in [0.2, 0.25) is 0 Å². The summed E-state index contributed by atoms with van der Waals surface area (Å²) in [6.07, 6.45) is 2.16. The largest absolute Gasteiger partial charge is 0.497 e. The quantitative estimate of drug-likeness (QED) is 0.349. The van der Waals surface area contributed by atoms with E-state index in [-0.39, 0.29) is 12.5 Å². The number of urea groups is 1. The third-order valence-electron chi connectivity index (χ3n) is 6.73. The van der Waals surface area contributed by atoms with Crippen molar-refractivity contribution < 1.29 is 19.1 Å². The standard InChI is InChI=1S/C29H27N5O4/c1-19-26(15-31-34(19)23-6-4-3-5-7-23)20-8-10-21(11-9-20)27(32-29(37)30-18-35)17-33-16-22-12-13-24(38-2)14-25(22)28(33)36/h3-15,18,27H,16-17H2,1-2H3,(H2,30,32,35,37)/t27-/m0/s1. The van der Waals surface area contributed by atoms with Crippen molar-refractivity contribution in [2.45, 2.75) is 19.5 Å². The van der Waals surface area contributed by atoms with Crippen molar-refractivity contribution in [2.24, 2.45) is 0 Å². The zero-order valence-electron chi connectivity index (χ0n) is 21.0. The number of ether oxygens (including phenoxy) is 1. The van der Waals surface area contributed by atoms with Gasteiger partial charge < -0.3 is 15.0 Å². The van der Waals surface area contributed by atoms with Crippen molar-refractivity contribution in [2.75, 3.05) is 13.7 Å². The highest BCUT2D eigenvalue weighted by molar-refractivity contribution is 5.98. The van der Waals surface area contributed by atoms with Crippen LogP contribution in [0.1, 0.15) is 33.2 Å². The lowest BCUT2D eigenvalue weighted by atomic mass is 10.0. The Morgan fingerprint density at radius 2 is 1.84 bits per heavy atom. The number of aromatic nitrogens is 2. The van der Waals surface area contributed by atoms with Gasteiger partial charge in [0.2, 0.25) is 6.41 Å². The average Bonchev–Trinajstić information content (AvgIpc) is 3.48. The van der Waals surface area contributed by atoms with Crippen molar-refractivity contribution >= 4 is 18.3 Å². The zero-order chi connectivity index (χ0) is 26.6. The fourth-order valence-electron chi connectivity index (χ4n) is 4.74. The van der Waals surface area contributed by atoms with Crippen molar-refractivity contribution in [1.82, 2.24) is 25.3 Å². The predicted molar refractivity (Wildman–Crippen MR) is 142 cm³/mol. The molecule has 0 saturated carbocycles. The van der Waals surface area contributed by atoms with Crippen LogP contribution in [0.3, 0.4) is 0 Å². The summed E-state index contributed by atoms with van der Waals surface area (Å²) >= 11 is 0. The van der Waals surface area contributed by atoms with Crippen LogP contribution in [0.4, 0.5) is 4.79 Å². The second-order valence-corrected chi connectivity index (χ2v) is 9.01. The molecule has 1 atom stereocenters. The number of benzene rings is 3. The number of hydrogen-bond acceptors (Lipinski definition) is 5. The van der Waals surface area contributed by atoms with Crippen LogP contribution < -0.4 is 15.4 Å². The Bertz CT molecular complexity index is 1480. The Morgan fingerprint density at radius 3 is 2.55 bits per heavy atom. The van der Waals surface area contributed by atoms with Gasteiger partial charge in [0.15, 0.2) is 0 Å². The van der Waals surface area contributed by atoms with E-state index in [4.69, 9.17) is 4.74 Å². The minimum absolute atomic E-state index is 0.137. The van der Waals surface area contributed by atoms with E-state index in [9.17, 15) is 14.4 Å². The van der Waals surface area contributed by atoms with Gasteiger partial charge in [0.25, 0.3) is 5.91 Å². The number of nitrogens with zero attached hydrogens (tertiary/aromatic N) is 3. The Hall–Kier alpha value is -4.92. The van der Waals surface area contributed by atoms with E-state index >= 15 is 0 Å². The highest BCUT2D eigenvalue weighted by atomic mass is 16.5. The minimum atomic E-state index is -0.639. The first-order valence-corrected chi connectivity index (χ1v) is 12.2. The highest BCUT2D eigenvalue weighted by Crippen LogP contribution is 2.30. The summed E-state index contributed by atoms with van der Waals surface area (Å²) in [7, 11) is 1.56. The molecule has 0 unspecified atom stereocenters. The molecule has 1 aliphatic rings. The molecule has 0 spiro atoms. The van der Waals surface area contributed by atoms with Gasteiger partial charge in [-0.25, -0.2) is 9.48 Å². The van der Waals surface area contributed by atoms with Crippen LogP contribution in [0.25, 0.3) is 16.8 Å². The number of carbonyl (C=O) groups excluding carboxylic acids is 3. The average molecular weight is 510 g/mol. The molecule has 4 aromatic rings. The molecular formula is C29H27N5O4. The van der Waals surface area contributed by atoms with Crippen LogP contribution in [0.15, 0.2) is 79.0 Å². The summed E-state index contributed by atoms with van der Waals surface area (Å²) in [6.45, 7) is 2.66. The van der Waals surface area contributed by atoms with Gasteiger partial charge in [-0.05, 0) is 47.9 Å². The van der Waals surface area contributed by atoms with Crippen LogP contribution in [0.5, 0.6) is 5.75 Å². The lowest BCUT2D eigenvalue weighted by Gasteiger charge is -2.25. The predicted octanol–water partition coefficient (Wildman–Crippen LogP) is 4.01. The summed E-state index contributed by atoms with van der Waals surface area (Å²) in [5.41, 5.74) is 6.22. The molecule has 9 nitrogen and oxygen atoms in total. The lowest BCUT2D eigenvalue weighted by Crippen LogP contribution is -2.42. The second kappa shape index (κ2) is 10.6. The molecule has 3 aromatic carbocycles. The minimum Gasteiger partial charge on any atom is -0.497 e. The van der Waals surface area contributed by atoms with Gasteiger partial charge >= 0.3 is 6.03 Å². The van der Waals surface area contributed by atoms with E-state index in [2.05, 4.69) is 15.7 Å². The summed E-state index contributed by atoms with van der Waals surface area (Å²) in [6, 6.07) is 21.9. The molecule has 5 rings (SSSR count). The SMILES string of the molecule is COc1ccc2c(c1)C(=O)N(C[C@H](NC(=O)NC=O)c1ccc(-c3cnn(-c4ccccc4)c3C)cc1)C2. The van der Waals surface area contributed by atoms with Crippen LogP contribution in [-0.4, -0.2) is 46.7 Å². The monoisotopic (exact) mass is 509 g/mol. The topological polar surface area (TPSA) is 106 Å². The number of carbonyl (C=O) groups is 3. The highest BCUT2D eigenvalue weighted by Gasteiger charge is 2.30. The van der Waals surface area contributed by atoms with E-state index in [0.29, 0.717) is 24.3 Å². The summed E-state index contributed by atoms with van der Waals surface area (Å²) in [5.74, 6) is 0.475. The third kappa shape index (κ3) is 4.86. The van der Waals surface area contributed by atoms with E-state index in [1.54, 1.807) is 18.1 Å². The summed E-state index contributed by atoms with van der Waals surface area (Å²) in [4.78, 5) is 37.9. The number of para-hydroxylation sites is 1. The van der Waals surface area contributed by atoms with E-state index in [1.807, 2.05) is 84.5 Å². The van der Waals surface area contributed by atoms with Gasteiger partial charge in [0.05, 0.1) is 25.0 Å². The first kappa shape index (κ1) is 24.8. The number of amides is 4. The van der Waals surface area contributed by atoms with Crippen LogP contribution in [0, 0.1) is 6.92 Å². The first-order chi connectivity index (χ1) is 18.5. The maximum absolute atomic E-state index is 13.1. The Balaban J connectivity index is 1.39. The number of fused-ring (bicyclic) bond motifs is 1. The molecule has 1 aromatic heterocycles. The van der Waals surface area contributed by atoms with Gasteiger partial charge in [-0.1, -0.05) is 48.5 Å². The van der Waals surface area contributed by atoms with Crippen LogP contribution in [-0.2, 0) is 11.3 Å². The maximum atomic E-state index is 13.1. The summed E-state index contributed by atoms with van der Waals surface area (Å²) in [5, 5.41) is 9.48. The number of hydrogen-bond donors (Lipinski definition) is 2. The van der Waals surface area contributed by atoms with E-state index in [0.717, 1.165) is 33.6 Å². The smallest absolute Gasteiger partial charge is 0.321 e. The number of imide groups is 1. The van der Waals surface area contributed by atoms with E-state index < -0.39 is 12.1 Å². The number of rotatable bonds is 8. The van der Waals surface area contributed by atoms with Crippen molar-refractivity contribution in [3.63, 3.8) is 0 Å². The molecule has 0 saturated heterocycles. The molecule has 0 bridgehead atoms. The molecule has 0 fully saturated rings. The Labute approximate surface area is 220 Å². The Morgan fingerprint density at radius 1 is 1.08 bits per heavy atom. The molecule has 0 radical (unpaired) electrons. The molecule has 192 valence electrons. The third-order valence-corrected chi connectivity index (χ3v) is 6.73. The first-order valence-electron chi connectivity index (χ1n) is 12.2. The molecule has 4 amide bonds. The van der Waals surface area contributed by atoms with E-state index in [1.165, 1.54) is 0 Å². The molecule has 0 aliphatic carbocycles. The lowest BCUT2D eigenvalue weighted by molar-refractivity contribution is -0.108. The zero-order valence-corrected chi connectivity index (χ0v) is 21.0. The van der Waals surface area contributed by atoms with Gasteiger partial charge in [-0.3, -0.25) is 14.9 Å². The van der Waals surface area contributed by atoms with Crippen molar-refractivity contribution in [3.05, 3.63) is 101 Å². The van der Waals surface area contributed by atoms with Gasteiger partial charge in [0.1, 0.15) is 5.75 Å². The molecule has 2 heterocycles. The Kier molecular flexibility index (Phi) is 6.90. The molecule has 9 heteroatoms. The van der Waals surface area contributed by atoms with Crippen molar-refractivity contribution in [1.29, 1.82) is 0 Å². The molecule has 2 N–H and O–H groups in total. The molecule has 38 heavy (non-hydrogen) atoms. The van der Waals surface area contributed by atoms with Gasteiger partial charge in [0, 0.05) is 29.9 Å². The number of methoxy groups -OCH3 is 1. The van der Waals surface area contributed by atoms with Gasteiger partial charge in [-0.15, -0.1) is 0 Å². The fourth-order valence-corrected chi connectivity index (χ4v) is 4.74. The van der Waals surface area contributed by atoms with Gasteiger partial charge in [-0.2, -0.15) is 5.10 Å². The maximum Gasteiger partial charge on any atom is 0.321 e. The molecule has 1 aliphatic heterocycles. The normalized spacial score (nSPS) is 13.1.